The number of carboxylic acids is 1. The third-order valence-corrected chi connectivity index (χ3v) is 7.15. The van der Waals surface area contributed by atoms with Crippen molar-refractivity contribution < 1.29 is 19.0 Å². The first-order valence-electron chi connectivity index (χ1n) is 13.0. The van der Waals surface area contributed by atoms with Gasteiger partial charge in [-0.2, -0.15) is 0 Å². The zero-order chi connectivity index (χ0) is 27.6. The maximum absolute atomic E-state index is 15.6. The average Bonchev–Trinajstić information content (AvgIpc) is 2.99. The smallest absolute Gasteiger partial charge is 0.307 e. The van der Waals surface area contributed by atoms with E-state index in [1.165, 1.54) is 0 Å². The standard InChI is InChI=1S/C30H37FN4O3/c1-6-33-24-12-11-23(26(31)27(24)32)25(19(3)29(36)37)20-10-9-18(2)22(14-20)16-35-15-21-8-7-13-34-28(21)38-30(4,5)17-35/h7-14,19,25,33H,6,15-17,32H2,1-5H3,(H,36,37). The van der Waals surface area contributed by atoms with E-state index in [1.54, 1.807) is 25.3 Å². The summed E-state index contributed by atoms with van der Waals surface area (Å²) in [4.78, 5) is 18.9. The number of nitrogens with one attached hydrogen (secondary N) is 1. The first-order valence-corrected chi connectivity index (χ1v) is 13.0. The third-order valence-electron chi connectivity index (χ3n) is 7.15. The molecular formula is C30H37FN4O3. The lowest BCUT2D eigenvalue weighted by atomic mass is 9.80. The number of nitrogens with zero attached hydrogens (tertiary/aromatic N) is 2. The molecule has 1 aliphatic heterocycles. The quantitative estimate of drug-likeness (QED) is 0.334. The van der Waals surface area contributed by atoms with Gasteiger partial charge in [-0.1, -0.05) is 37.3 Å². The average molecular weight is 521 g/mol. The third kappa shape index (κ3) is 5.75. The molecule has 0 spiro atoms. The highest BCUT2D eigenvalue weighted by atomic mass is 19.1. The number of anilines is 2. The maximum Gasteiger partial charge on any atom is 0.307 e. The van der Waals surface area contributed by atoms with E-state index in [0.717, 1.165) is 22.3 Å². The molecule has 0 saturated carbocycles. The number of aromatic nitrogens is 1. The van der Waals surface area contributed by atoms with Gasteiger partial charge in [0, 0.05) is 43.9 Å². The largest absolute Gasteiger partial charge is 0.481 e. The molecule has 8 heteroatoms. The number of pyridine rings is 1. The molecule has 7 nitrogen and oxygen atoms in total. The van der Waals surface area contributed by atoms with E-state index in [4.69, 9.17) is 10.5 Å². The number of hydrogen-bond donors (Lipinski definition) is 3. The van der Waals surface area contributed by atoms with Crippen LogP contribution in [-0.4, -0.2) is 39.7 Å². The Morgan fingerprint density at radius 3 is 2.76 bits per heavy atom. The van der Waals surface area contributed by atoms with Crippen LogP contribution in [0.25, 0.3) is 0 Å². The van der Waals surface area contributed by atoms with Gasteiger partial charge < -0.3 is 20.9 Å². The van der Waals surface area contributed by atoms with Gasteiger partial charge >= 0.3 is 5.97 Å². The second-order valence-electron chi connectivity index (χ2n) is 10.7. The number of fused-ring (bicyclic) bond motifs is 1. The maximum atomic E-state index is 15.6. The Hall–Kier alpha value is -3.65. The normalized spacial score (nSPS) is 16.6. The van der Waals surface area contributed by atoms with Crippen molar-refractivity contribution >= 4 is 17.3 Å². The van der Waals surface area contributed by atoms with Crippen LogP contribution in [0, 0.1) is 18.7 Å². The number of benzene rings is 2. The van der Waals surface area contributed by atoms with Crippen molar-refractivity contribution in [1.29, 1.82) is 0 Å². The molecule has 1 aromatic heterocycles. The van der Waals surface area contributed by atoms with E-state index < -0.39 is 29.2 Å². The molecule has 2 unspecified atom stereocenters. The van der Waals surface area contributed by atoms with Crippen molar-refractivity contribution in [3.63, 3.8) is 0 Å². The van der Waals surface area contributed by atoms with Crippen molar-refractivity contribution in [2.75, 3.05) is 24.1 Å². The lowest BCUT2D eigenvalue weighted by molar-refractivity contribution is -0.141. The summed E-state index contributed by atoms with van der Waals surface area (Å²) in [6.07, 6.45) is 1.73. The Morgan fingerprint density at radius 2 is 2.05 bits per heavy atom. The van der Waals surface area contributed by atoms with Crippen LogP contribution in [0.4, 0.5) is 15.8 Å². The lowest BCUT2D eigenvalue weighted by Gasteiger charge is -2.30. The van der Waals surface area contributed by atoms with Gasteiger partial charge in [0.1, 0.15) is 5.60 Å². The molecule has 2 aromatic carbocycles. The first-order chi connectivity index (χ1) is 18.0. The Labute approximate surface area is 223 Å². The molecule has 1 aliphatic rings. The minimum atomic E-state index is -0.999. The Kier molecular flexibility index (Phi) is 7.92. The zero-order valence-electron chi connectivity index (χ0n) is 22.7. The van der Waals surface area contributed by atoms with Crippen molar-refractivity contribution in [3.05, 3.63) is 82.3 Å². The van der Waals surface area contributed by atoms with Gasteiger partial charge in [-0.3, -0.25) is 9.69 Å². The summed E-state index contributed by atoms with van der Waals surface area (Å²) in [5.74, 6) is -2.51. The molecule has 202 valence electrons. The van der Waals surface area contributed by atoms with Gasteiger partial charge in [-0.05, 0) is 62.1 Å². The fourth-order valence-corrected chi connectivity index (χ4v) is 5.25. The van der Waals surface area contributed by atoms with E-state index in [1.807, 2.05) is 58.0 Å². The van der Waals surface area contributed by atoms with Gasteiger partial charge in [0.05, 0.1) is 17.3 Å². The summed E-state index contributed by atoms with van der Waals surface area (Å²) < 4.78 is 21.8. The van der Waals surface area contributed by atoms with Crippen molar-refractivity contribution in [2.45, 2.75) is 59.2 Å². The fraction of sp³-hybridized carbons (Fsp3) is 0.400. The number of carbonyl (C=O) groups is 1. The fourth-order valence-electron chi connectivity index (χ4n) is 5.25. The van der Waals surface area contributed by atoms with Crippen LogP contribution in [0.2, 0.25) is 0 Å². The van der Waals surface area contributed by atoms with E-state index in [9.17, 15) is 9.90 Å². The summed E-state index contributed by atoms with van der Waals surface area (Å²) in [6, 6.07) is 13.2. The van der Waals surface area contributed by atoms with Crippen LogP contribution in [0.3, 0.4) is 0 Å². The minimum absolute atomic E-state index is 0.00153. The highest BCUT2D eigenvalue weighted by Gasteiger charge is 2.32. The molecule has 0 aliphatic carbocycles. The van der Waals surface area contributed by atoms with Gasteiger partial charge in [-0.15, -0.1) is 0 Å². The van der Waals surface area contributed by atoms with Crippen molar-refractivity contribution in [3.8, 4) is 5.88 Å². The molecule has 0 saturated heterocycles. The first kappa shape index (κ1) is 27.4. The molecule has 2 heterocycles. The highest BCUT2D eigenvalue weighted by molar-refractivity contribution is 5.74. The Bertz CT molecular complexity index is 1330. The van der Waals surface area contributed by atoms with E-state index in [0.29, 0.717) is 37.7 Å². The molecule has 4 N–H and O–H groups in total. The topological polar surface area (TPSA) is 101 Å². The molecule has 0 radical (unpaired) electrons. The molecule has 38 heavy (non-hydrogen) atoms. The Morgan fingerprint density at radius 1 is 1.29 bits per heavy atom. The molecule has 0 amide bonds. The van der Waals surface area contributed by atoms with E-state index >= 15 is 4.39 Å². The van der Waals surface area contributed by atoms with Crippen LogP contribution in [0.15, 0.2) is 48.7 Å². The van der Waals surface area contributed by atoms with Gasteiger partial charge in [0.15, 0.2) is 5.82 Å². The summed E-state index contributed by atoms with van der Waals surface area (Å²) in [5, 5.41) is 13.0. The lowest BCUT2D eigenvalue weighted by Crippen LogP contribution is -2.40. The SMILES string of the molecule is CCNc1ccc(C(c2ccc(C)c(CN3Cc4cccnc4OC(C)(C)C3)c2)C(C)C(=O)O)c(F)c1N. The van der Waals surface area contributed by atoms with E-state index in [2.05, 4.69) is 15.2 Å². The van der Waals surface area contributed by atoms with Gasteiger partial charge in [-0.25, -0.2) is 9.37 Å². The second kappa shape index (κ2) is 11.0. The van der Waals surface area contributed by atoms with Crippen molar-refractivity contribution in [1.82, 2.24) is 9.88 Å². The molecule has 0 fully saturated rings. The molecule has 2 atom stereocenters. The zero-order valence-corrected chi connectivity index (χ0v) is 22.7. The summed E-state index contributed by atoms with van der Waals surface area (Å²) in [7, 11) is 0. The van der Waals surface area contributed by atoms with Gasteiger partial charge in [0.25, 0.3) is 0 Å². The number of aliphatic carboxylic acids is 1. The number of halogens is 1. The van der Waals surface area contributed by atoms with Crippen LogP contribution in [0.1, 0.15) is 61.4 Å². The number of rotatable bonds is 8. The number of aryl methyl sites for hydroxylation is 1. The summed E-state index contributed by atoms with van der Waals surface area (Å²) >= 11 is 0. The van der Waals surface area contributed by atoms with Crippen LogP contribution >= 0.6 is 0 Å². The number of hydrogen-bond acceptors (Lipinski definition) is 6. The molecular weight excluding hydrogens is 483 g/mol. The van der Waals surface area contributed by atoms with Crippen molar-refractivity contribution in [2.24, 2.45) is 5.92 Å². The summed E-state index contributed by atoms with van der Waals surface area (Å²) in [6.45, 7) is 12.2. The minimum Gasteiger partial charge on any atom is -0.481 e. The monoisotopic (exact) mass is 520 g/mol. The molecule has 3 aromatic rings. The predicted octanol–water partition coefficient (Wildman–Crippen LogP) is 5.57. The van der Waals surface area contributed by atoms with Crippen LogP contribution < -0.4 is 15.8 Å². The van der Waals surface area contributed by atoms with Gasteiger partial charge in [0.2, 0.25) is 5.88 Å². The van der Waals surface area contributed by atoms with Crippen LogP contribution in [-0.2, 0) is 17.9 Å². The highest BCUT2D eigenvalue weighted by Crippen LogP contribution is 2.38. The summed E-state index contributed by atoms with van der Waals surface area (Å²) in [5.41, 5.74) is 10.3. The number of carboxylic acid groups (broad SMARTS) is 1. The Balaban J connectivity index is 1.73. The molecule has 4 rings (SSSR count). The van der Waals surface area contributed by atoms with E-state index in [-0.39, 0.29) is 11.3 Å². The number of nitrogens with two attached hydrogens (primary N) is 1. The second-order valence-corrected chi connectivity index (χ2v) is 10.7. The van der Waals surface area contributed by atoms with Crippen LogP contribution in [0.5, 0.6) is 5.88 Å². The number of ether oxygens (including phenoxy) is 1. The molecule has 0 bridgehead atoms. The predicted molar refractivity (Wildman–Crippen MR) is 148 cm³/mol. The number of nitrogen functional groups attached to an aromatic ring is 1.